The zero-order valence-corrected chi connectivity index (χ0v) is 8.74. The maximum atomic E-state index is 10.9. The quantitative estimate of drug-likeness (QED) is 0.710. The lowest BCUT2D eigenvalue weighted by Gasteiger charge is -1.95. The molecule has 0 aliphatic rings. The van der Waals surface area contributed by atoms with Crippen LogP contribution in [0.5, 0.6) is 0 Å². The van der Waals surface area contributed by atoms with E-state index in [-0.39, 0.29) is 5.56 Å². The number of pyridine rings is 1. The van der Waals surface area contributed by atoms with E-state index in [1.54, 1.807) is 24.3 Å². The van der Waals surface area contributed by atoms with Crippen LogP contribution in [0.3, 0.4) is 0 Å². The highest BCUT2D eigenvalue weighted by Crippen LogP contribution is 2.10. The summed E-state index contributed by atoms with van der Waals surface area (Å²) in [7, 11) is 0. The Balaban J connectivity index is 0.000000531. The molecule has 0 atom stereocenters. The Morgan fingerprint density at radius 2 is 1.93 bits per heavy atom. The molecule has 0 saturated heterocycles. The van der Waals surface area contributed by atoms with Crippen molar-refractivity contribution in [3.63, 3.8) is 0 Å². The Morgan fingerprint density at radius 1 is 1.20 bits per heavy atom. The summed E-state index contributed by atoms with van der Waals surface area (Å²) in [5.41, 5.74) is 1.23. The number of aromatic amines is 1. The van der Waals surface area contributed by atoms with Gasteiger partial charge in [-0.25, -0.2) is 0 Å². The Kier molecular flexibility index (Phi) is 3.64. The molecule has 0 bridgehead atoms. The smallest absolute Gasteiger partial charge is 0.248 e. The van der Waals surface area contributed by atoms with Gasteiger partial charge in [0.2, 0.25) is 5.56 Å². The van der Waals surface area contributed by atoms with Gasteiger partial charge in [-0.05, 0) is 29.7 Å². The van der Waals surface area contributed by atoms with E-state index in [0.717, 1.165) is 10.9 Å². The molecule has 0 radical (unpaired) electrons. The first-order valence-electron chi connectivity index (χ1n) is 4.83. The standard InChI is InChI=1S/C10H6N2O.C2H6/c11-6-7-1-3-9-8(5-7)2-4-10(13)12-9;1-2/h1-5H,(H,12,13);1-2H3. The largest absolute Gasteiger partial charge is 0.322 e. The van der Waals surface area contributed by atoms with Crippen LogP contribution in [0.2, 0.25) is 0 Å². The van der Waals surface area contributed by atoms with Crippen LogP contribution in [-0.4, -0.2) is 4.98 Å². The van der Waals surface area contributed by atoms with Crippen molar-refractivity contribution in [1.82, 2.24) is 4.98 Å². The Morgan fingerprint density at radius 3 is 2.60 bits per heavy atom. The van der Waals surface area contributed by atoms with Crippen LogP contribution in [0.4, 0.5) is 0 Å². The van der Waals surface area contributed by atoms with Gasteiger partial charge < -0.3 is 4.98 Å². The zero-order valence-electron chi connectivity index (χ0n) is 8.74. The number of fused-ring (bicyclic) bond motifs is 1. The van der Waals surface area contributed by atoms with E-state index in [1.165, 1.54) is 6.07 Å². The topological polar surface area (TPSA) is 56.6 Å². The molecule has 0 amide bonds. The van der Waals surface area contributed by atoms with Crippen molar-refractivity contribution in [3.8, 4) is 6.07 Å². The van der Waals surface area contributed by atoms with Gasteiger partial charge in [0.25, 0.3) is 0 Å². The van der Waals surface area contributed by atoms with Crippen molar-refractivity contribution in [2.45, 2.75) is 13.8 Å². The summed E-state index contributed by atoms with van der Waals surface area (Å²) < 4.78 is 0. The second-order valence-corrected chi connectivity index (χ2v) is 2.74. The summed E-state index contributed by atoms with van der Waals surface area (Å²) in [6, 6.07) is 10.3. The van der Waals surface area contributed by atoms with Gasteiger partial charge in [-0.1, -0.05) is 13.8 Å². The van der Waals surface area contributed by atoms with E-state index < -0.39 is 0 Å². The molecule has 1 aromatic carbocycles. The van der Waals surface area contributed by atoms with Gasteiger partial charge in [0, 0.05) is 11.6 Å². The highest BCUT2D eigenvalue weighted by atomic mass is 16.1. The van der Waals surface area contributed by atoms with Gasteiger partial charge in [0.05, 0.1) is 11.6 Å². The maximum absolute atomic E-state index is 10.9. The lowest BCUT2D eigenvalue weighted by molar-refractivity contribution is 1.30. The van der Waals surface area contributed by atoms with Crippen molar-refractivity contribution >= 4 is 10.9 Å². The summed E-state index contributed by atoms with van der Waals surface area (Å²) >= 11 is 0. The van der Waals surface area contributed by atoms with Crippen LogP contribution >= 0.6 is 0 Å². The molecular formula is C12H12N2O. The number of hydrogen-bond acceptors (Lipinski definition) is 2. The number of hydrogen-bond donors (Lipinski definition) is 1. The zero-order chi connectivity index (χ0) is 11.3. The molecule has 0 aliphatic carbocycles. The average Bonchev–Trinajstić information content (AvgIpc) is 2.31. The minimum absolute atomic E-state index is 0.128. The lowest BCUT2D eigenvalue weighted by atomic mass is 10.1. The van der Waals surface area contributed by atoms with Crippen molar-refractivity contribution in [2.75, 3.05) is 0 Å². The summed E-state index contributed by atoms with van der Waals surface area (Å²) in [5, 5.41) is 9.50. The van der Waals surface area contributed by atoms with Gasteiger partial charge in [0.15, 0.2) is 0 Å². The van der Waals surface area contributed by atoms with E-state index >= 15 is 0 Å². The molecule has 3 heteroatoms. The Bertz CT molecular complexity index is 549. The van der Waals surface area contributed by atoms with Gasteiger partial charge in [-0.3, -0.25) is 4.79 Å². The predicted molar refractivity (Wildman–Crippen MR) is 60.6 cm³/mol. The van der Waals surface area contributed by atoms with Gasteiger partial charge in [-0.2, -0.15) is 5.26 Å². The molecule has 1 N–H and O–H groups in total. The molecule has 1 heterocycles. The number of H-pyrrole nitrogens is 1. The third kappa shape index (κ3) is 2.44. The summed E-state index contributed by atoms with van der Waals surface area (Å²) in [6.45, 7) is 4.00. The second-order valence-electron chi connectivity index (χ2n) is 2.74. The van der Waals surface area contributed by atoms with Gasteiger partial charge >= 0.3 is 0 Å². The number of nitrogens with zero attached hydrogens (tertiary/aromatic N) is 1. The number of rotatable bonds is 0. The van der Waals surface area contributed by atoms with Crippen LogP contribution in [0.25, 0.3) is 10.9 Å². The van der Waals surface area contributed by atoms with Crippen molar-refractivity contribution < 1.29 is 0 Å². The minimum atomic E-state index is -0.128. The molecule has 0 fully saturated rings. The van der Waals surface area contributed by atoms with Crippen molar-refractivity contribution in [1.29, 1.82) is 5.26 Å². The molecule has 3 nitrogen and oxygen atoms in total. The minimum Gasteiger partial charge on any atom is -0.322 e. The predicted octanol–water partition coefficient (Wildman–Crippen LogP) is 2.43. The van der Waals surface area contributed by atoms with Crippen molar-refractivity contribution in [3.05, 3.63) is 46.2 Å². The Hall–Kier alpha value is -2.08. The molecule has 0 spiro atoms. The maximum Gasteiger partial charge on any atom is 0.248 e. The number of benzene rings is 1. The third-order valence-electron chi connectivity index (χ3n) is 1.85. The highest BCUT2D eigenvalue weighted by Gasteiger charge is 1.95. The van der Waals surface area contributed by atoms with Crippen molar-refractivity contribution in [2.24, 2.45) is 0 Å². The molecule has 0 unspecified atom stereocenters. The molecule has 15 heavy (non-hydrogen) atoms. The summed E-state index contributed by atoms with van der Waals surface area (Å²) in [5.74, 6) is 0. The molecule has 0 aliphatic heterocycles. The van der Waals surface area contributed by atoms with Crippen LogP contribution < -0.4 is 5.56 Å². The normalized spacial score (nSPS) is 8.87. The lowest BCUT2D eigenvalue weighted by Crippen LogP contribution is -2.01. The fraction of sp³-hybridized carbons (Fsp3) is 0.167. The van der Waals surface area contributed by atoms with Crippen LogP contribution in [0.15, 0.2) is 35.1 Å². The molecular weight excluding hydrogens is 188 g/mol. The summed E-state index contributed by atoms with van der Waals surface area (Å²) in [4.78, 5) is 13.6. The first-order valence-corrected chi connectivity index (χ1v) is 4.83. The number of nitriles is 1. The highest BCUT2D eigenvalue weighted by molar-refractivity contribution is 5.79. The fourth-order valence-corrected chi connectivity index (χ4v) is 1.22. The van der Waals surface area contributed by atoms with E-state index in [4.69, 9.17) is 5.26 Å². The Labute approximate surface area is 88.0 Å². The first kappa shape index (κ1) is 11.0. The van der Waals surface area contributed by atoms with Crippen LogP contribution in [-0.2, 0) is 0 Å². The average molecular weight is 200 g/mol. The molecule has 2 rings (SSSR count). The SMILES string of the molecule is CC.N#Cc1ccc2[nH]c(=O)ccc2c1. The molecule has 1 aromatic heterocycles. The van der Waals surface area contributed by atoms with Gasteiger partial charge in [0.1, 0.15) is 0 Å². The number of aromatic nitrogens is 1. The summed E-state index contributed by atoms with van der Waals surface area (Å²) in [6.07, 6.45) is 0. The van der Waals surface area contributed by atoms with Crippen LogP contribution in [0, 0.1) is 11.3 Å². The van der Waals surface area contributed by atoms with Gasteiger partial charge in [-0.15, -0.1) is 0 Å². The van der Waals surface area contributed by atoms with E-state index in [2.05, 4.69) is 4.98 Å². The number of nitrogens with one attached hydrogen (secondary N) is 1. The van der Waals surface area contributed by atoms with E-state index in [9.17, 15) is 4.79 Å². The molecule has 76 valence electrons. The second kappa shape index (κ2) is 4.97. The van der Waals surface area contributed by atoms with E-state index in [0.29, 0.717) is 5.56 Å². The van der Waals surface area contributed by atoms with Crippen LogP contribution in [0.1, 0.15) is 19.4 Å². The third-order valence-corrected chi connectivity index (χ3v) is 1.85. The monoisotopic (exact) mass is 200 g/mol. The first-order chi connectivity index (χ1) is 7.29. The van der Waals surface area contributed by atoms with E-state index in [1.807, 2.05) is 19.9 Å². The molecule has 0 saturated carbocycles. The fourth-order valence-electron chi connectivity index (χ4n) is 1.22. The molecule has 2 aromatic rings.